The standard InChI is InChI=1S/C15H25N3O.HI/c1-4-6-11-17-15(16-3)18-12-13-9-7-8-10-14(13)19-5-2;/h7-10H,4-6,11-12H2,1-3H3,(H2,16,17,18);1H. The van der Waals surface area contributed by atoms with Gasteiger partial charge in [-0.05, 0) is 19.4 Å². The summed E-state index contributed by atoms with van der Waals surface area (Å²) in [6, 6.07) is 8.07. The molecule has 0 radical (unpaired) electrons. The zero-order valence-electron chi connectivity index (χ0n) is 12.6. The Kier molecular flexibility index (Phi) is 11.2. The third kappa shape index (κ3) is 6.98. The lowest BCUT2D eigenvalue weighted by Gasteiger charge is -2.14. The van der Waals surface area contributed by atoms with Crippen molar-refractivity contribution in [2.24, 2.45) is 4.99 Å². The molecule has 0 aliphatic carbocycles. The van der Waals surface area contributed by atoms with Gasteiger partial charge in [0.05, 0.1) is 6.61 Å². The summed E-state index contributed by atoms with van der Waals surface area (Å²) in [6.07, 6.45) is 2.33. The van der Waals surface area contributed by atoms with E-state index in [1.165, 1.54) is 6.42 Å². The molecule has 0 aromatic heterocycles. The van der Waals surface area contributed by atoms with Crippen LogP contribution in [-0.2, 0) is 6.54 Å². The molecule has 0 atom stereocenters. The van der Waals surface area contributed by atoms with Crippen LogP contribution in [0, 0.1) is 0 Å². The molecule has 114 valence electrons. The predicted molar refractivity (Wildman–Crippen MR) is 96.1 cm³/mol. The van der Waals surface area contributed by atoms with Gasteiger partial charge in [-0.15, -0.1) is 24.0 Å². The Morgan fingerprint density at radius 2 is 1.95 bits per heavy atom. The van der Waals surface area contributed by atoms with Crippen LogP contribution in [0.15, 0.2) is 29.3 Å². The van der Waals surface area contributed by atoms with E-state index in [1.807, 2.05) is 25.1 Å². The van der Waals surface area contributed by atoms with E-state index in [1.54, 1.807) is 7.05 Å². The van der Waals surface area contributed by atoms with Crippen LogP contribution in [0.25, 0.3) is 0 Å². The van der Waals surface area contributed by atoms with E-state index < -0.39 is 0 Å². The smallest absolute Gasteiger partial charge is 0.191 e. The number of aliphatic imine (C=N–C) groups is 1. The van der Waals surface area contributed by atoms with Crippen molar-refractivity contribution >= 4 is 29.9 Å². The van der Waals surface area contributed by atoms with E-state index in [9.17, 15) is 0 Å². The Bertz CT molecular complexity index is 396. The lowest BCUT2D eigenvalue weighted by Crippen LogP contribution is -2.37. The fourth-order valence-electron chi connectivity index (χ4n) is 1.73. The van der Waals surface area contributed by atoms with Crippen molar-refractivity contribution in [3.05, 3.63) is 29.8 Å². The summed E-state index contributed by atoms with van der Waals surface area (Å²) in [6.45, 7) is 6.51. The van der Waals surface area contributed by atoms with Gasteiger partial charge < -0.3 is 15.4 Å². The summed E-state index contributed by atoms with van der Waals surface area (Å²) in [5, 5.41) is 6.59. The zero-order valence-corrected chi connectivity index (χ0v) is 14.9. The number of hydrogen-bond donors (Lipinski definition) is 2. The summed E-state index contributed by atoms with van der Waals surface area (Å²) in [7, 11) is 1.79. The minimum Gasteiger partial charge on any atom is -0.494 e. The molecule has 1 aromatic rings. The van der Waals surface area contributed by atoms with E-state index in [-0.39, 0.29) is 24.0 Å². The highest BCUT2D eigenvalue weighted by Gasteiger charge is 2.03. The maximum absolute atomic E-state index is 5.60. The molecule has 4 nitrogen and oxygen atoms in total. The number of guanidine groups is 1. The average Bonchev–Trinajstić information content (AvgIpc) is 2.44. The Morgan fingerprint density at radius 3 is 2.60 bits per heavy atom. The van der Waals surface area contributed by atoms with Crippen molar-refractivity contribution in [3.63, 3.8) is 0 Å². The number of hydrogen-bond acceptors (Lipinski definition) is 2. The fourth-order valence-corrected chi connectivity index (χ4v) is 1.73. The van der Waals surface area contributed by atoms with Crippen LogP contribution in [0.3, 0.4) is 0 Å². The van der Waals surface area contributed by atoms with Crippen LogP contribution in [0.1, 0.15) is 32.3 Å². The van der Waals surface area contributed by atoms with Gasteiger partial charge in [0.25, 0.3) is 0 Å². The van der Waals surface area contributed by atoms with Gasteiger partial charge in [0.2, 0.25) is 0 Å². The van der Waals surface area contributed by atoms with Gasteiger partial charge in [0.15, 0.2) is 5.96 Å². The maximum atomic E-state index is 5.60. The van der Waals surface area contributed by atoms with Crippen molar-refractivity contribution in [2.45, 2.75) is 33.2 Å². The number of para-hydroxylation sites is 1. The molecule has 1 rings (SSSR count). The molecule has 0 bridgehead atoms. The second kappa shape index (κ2) is 11.8. The minimum atomic E-state index is 0. The third-order valence-corrected chi connectivity index (χ3v) is 2.77. The minimum absolute atomic E-state index is 0. The number of ether oxygens (including phenoxy) is 1. The van der Waals surface area contributed by atoms with Crippen LogP contribution < -0.4 is 15.4 Å². The Morgan fingerprint density at radius 1 is 1.20 bits per heavy atom. The van der Waals surface area contributed by atoms with Crippen molar-refractivity contribution < 1.29 is 4.74 Å². The zero-order chi connectivity index (χ0) is 13.9. The molecule has 2 N–H and O–H groups in total. The van der Waals surface area contributed by atoms with E-state index in [0.29, 0.717) is 13.2 Å². The highest BCUT2D eigenvalue weighted by molar-refractivity contribution is 14.0. The molecule has 0 fully saturated rings. The summed E-state index contributed by atoms with van der Waals surface area (Å²) in [5.74, 6) is 1.77. The molecule has 0 amide bonds. The van der Waals surface area contributed by atoms with Gasteiger partial charge >= 0.3 is 0 Å². The molecule has 0 unspecified atom stereocenters. The van der Waals surface area contributed by atoms with E-state index >= 15 is 0 Å². The van der Waals surface area contributed by atoms with Gasteiger partial charge in [-0.1, -0.05) is 31.5 Å². The SMILES string of the molecule is CCCCNC(=NC)NCc1ccccc1OCC.I. The number of unbranched alkanes of at least 4 members (excludes halogenated alkanes) is 1. The van der Waals surface area contributed by atoms with Gasteiger partial charge in [-0.2, -0.15) is 0 Å². The molecular formula is C15H26IN3O. The molecule has 1 aromatic carbocycles. The van der Waals surface area contributed by atoms with Gasteiger partial charge in [-0.3, -0.25) is 4.99 Å². The van der Waals surface area contributed by atoms with Crippen molar-refractivity contribution in [1.29, 1.82) is 0 Å². The third-order valence-electron chi connectivity index (χ3n) is 2.77. The van der Waals surface area contributed by atoms with Crippen LogP contribution in [0.5, 0.6) is 5.75 Å². The highest BCUT2D eigenvalue weighted by atomic mass is 127. The Labute approximate surface area is 139 Å². The topological polar surface area (TPSA) is 45.7 Å². The van der Waals surface area contributed by atoms with Crippen LogP contribution in [0.4, 0.5) is 0 Å². The number of nitrogens with zero attached hydrogens (tertiary/aromatic N) is 1. The molecule has 0 aliphatic rings. The van der Waals surface area contributed by atoms with Gasteiger partial charge in [-0.25, -0.2) is 0 Å². The molecule has 0 heterocycles. The van der Waals surface area contributed by atoms with Crippen LogP contribution >= 0.6 is 24.0 Å². The van der Waals surface area contributed by atoms with E-state index in [0.717, 1.165) is 30.2 Å². The molecule has 0 saturated heterocycles. The molecular weight excluding hydrogens is 365 g/mol. The molecule has 0 spiro atoms. The first-order valence-corrected chi connectivity index (χ1v) is 6.97. The second-order valence-corrected chi connectivity index (χ2v) is 4.25. The lowest BCUT2D eigenvalue weighted by atomic mass is 10.2. The first-order valence-electron chi connectivity index (χ1n) is 6.97. The fraction of sp³-hybridized carbons (Fsp3) is 0.533. The normalized spacial score (nSPS) is 10.7. The quantitative estimate of drug-likeness (QED) is 0.325. The summed E-state index contributed by atoms with van der Waals surface area (Å²) >= 11 is 0. The summed E-state index contributed by atoms with van der Waals surface area (Å²) in [4.78, 5) is 4.20. The maximum Gasteiger partial charge on any atom is 0.191 e. The number of nitrogens with one attached hydrogen (secondary N) is 2. The summed E-state index contributed by atoms with van der Waals surface area (Å²) < 4.78 is 5.60. The largest absolute Gasteiger partial charge is 0.494 e. The van der Waals surface area contributed by atoms with E-state index in [4.69, 9.17) is 4.74 Å². The number of benzene rings is 1. The lowest BCUT2D eigenvalue weighted by molar-refractivity contribution is 0.336. The predicted octanol–water partition coefficient (Wildman–Crippen LogP) is 3.17. The molecule has 20 heavy (non-hydrogen) atoms. The summed E-state index contributed by atoms with van der Waals surface area (Å²) in [5.41, 5.74) is 1.14. The molecule has 0 saturated carbocycles. The average molecular weight is 391 g/mol. The van der Waals surface area contributed by atoms with Gasteiger partial charge in [0.1, 0.15) is 5.75 Å². The Balaban J connectivity index is 0.00000361. The Hall–Kier alpha value is -0.980. The molecule has 0 aliphatic heterocycles. The number of halogens is 1. The van der Waals surface area contributed by atoms with Gasteiger partial charge in [0, 0.05) is 25.7 Å². The van der Waals surface area contributed by atoms with Crippen molar-refractivity contribution in [2.75, 3.05) is 20.2 Å². The van der Waals surface area contributed by atoms with Crippen LogP contribution in [-0.4, -0.2) is 26.2 Å². The van der Waals surface area contributed by atoms with E-state index in [2.05, 4.69) is 28.6 Å². The first kappa shape index (κ1) is 19.0. The van der Waals surface area contributed by atoms with Crippen molar-refractivity contribution in [3.8, 4) is 5.75 Å². The molecule has 5 heteroatoms. The van der Waals surface area contributed by atoms with Crippen LogP contribution in [0.2, 0.25) is 0 Å². The van der Waals surface area contributed by atoms with Crippen molar-refractivity contribution in [1.82, 2.24) is 10.6 Å². The highest BCUT2D eigenvalue weighted by Crippen LogP contribution is 2.17. The monoisotopic (exact) mass is 391 g/mol. The number of rotatable bonds is 7. The first-order chi connectivity index (χ1) is 9.31. The second-order valence-electron chi connectivity index (χ2n) is 4.25.